The Hall–Kier alpha value is -3.58. The molecule has 0 spiro atoms. The van der Waals surface area contributed by atoms with Gasteiger partial charge in [0.2, 0.25) is 0 Å². The fourth-order valence-corrected chi connectivity index (χ4v) is 6.09. The highest BCUT2D eigenvalue weighted by Gasteiger charge is 2.62. The Morgan fingerprint density at radius 2 is 1.69 bits per heavy atom. The van der Waals surface area contributed by atoms with E-state index < -0.39 is 18.0 Å². The van der Waals surface area contributed by atoms with Crippen molar-refractivity contribution in [3.8, 4) is 11.4 Å². The molecule has 0 fully saturated rings. The van der Waals surface area contributed by atoms with Crippen LogP contribution in [-0.2, 0) is 25.8 Å². The van der Waals surface area contributed by atoms with E-state index in [0.717, 1.165) is 76.1 Å². The molecule has 0 atom stereocenters. The number of rotatable bonds is 7. The largest absolute Gasteiger partial charge is 0.463 e. The van der Waals surface area contributed by atoms with Crippen LogP contribution in [-0.4, -0.2) is 61.2 Å². The maximum absolute atomic E-state index is 13.7. The predicted molar refractivity (Wildman–Crippen MR) is 150 cm³/mol. The van der Waals surface area contributed by atoms with E-state index in [0.29, 0.717) is 12.8 Å². The molecule has 13 heteroatoms. The van der Waals surface area contributed by atoms with Gasteiger partial charge in [0, 0.05) is 42.5 Å². The Balaban J connectivity index is 1.05. The van der Waals surface area contributed by atoms with Gasteiger partial charge in [-0.05, 0) is 68.1 Å². The number of hydrogen-bond acceptors (Lipinski definition) is 7. The van der Waals surface area contributed by atoms with Crippen molar-refractivity contribution in [2.24, 2.45) is 7.05 Å². The van der Waals surface area contributed by atoms with Crippen LogP contribution in [0.2, 0.25) is 0 Å². The van der Waals surface area contributed by atoms with Gasteiger partial charge in [0.15, 0.2) is 16.6 Å². The number of aromatic nitrogens is 5. The van der Waals surface area contributed by atoms with Gasteiger partial charge in [0.1, 0.15) is 5.52 Å². The topological polar surface area (TPSA) is 72.9 Å². The molecule has 5 aromatic rings. The molecule has 4 heterocycles. The fourth-order valence-electron chi connectivity index (χ4n) is 5.25. The van der Waals surface area contributed by atoms with Crippen LogP contribution in [0, 0.1) is 6.92 Å². The fraction of sp³-hybridized carbons (Fsp3) is 0.379. The van der Waals surface area contributed by atoms with Crippen LogP contribution in [0.15, 0.2) is 52.0 Å². The molecule has 0 saturated heterocycles. The van der Waals surface area contributed by atoms with E-state index in [9.17, 15) is 22.0 Å². The Bertz CT molecular complexity index is 1720. The molecule has 2 aromatic carbocycles. The number of halogens is 5. The van der Waals surface area contributed by atoms with E-state index in [1.54, 1.807) is 23.9 Å². The van der Waals surface area contributed by atoms with Gasteiger partial charge in [-0.2, -0.15) is 22.0 Å². The summed E-state index contributed by atoms with van der Waals surface area (Å²) in [5.74, 6) is -5.13. The van der Waals surface area contributed by atoms with E-state index in [1.807, 2.05) is 42.8 Å². The summed E-state index contributed by atoms with van der Waals surface area (Å²) in [5, 5.41) is 10.7. The highest BCUT2D eigenvalue weighted by molar-refractivity contribution is 7.99. The molecule has 0 saturated carbocycles. The lowest BCUT2D eigenvalue weighted by Gasteiger charge is -2.19. The van der Waals surface area contributed by atoms with Crippen LogP contribution in [0.25, 0.3) is 33.4 Å². The average Bonchev–Trinajstić information content (AvgIpc) is 3.47. The Labute approximate surface area is 242 Å². The standard InChI is InChI=1S/C29H27F5N6OS/c1-17-7-8-20-21(5-3-6-22(20)35-17)25-37-38-27(39(25)2)42-14-4-11-40-12-9-18-15-23-24(16-19(18)10-13-40)41-26(36-23)28(30,31)29(32,33)34/h3,5-8,15-16H,4,9-14H2,1-2H3. The number of aryl methyl sites for hydroxylation is 1. The Kier molecular flexibility index (Phi) is 7.42. The second-order valence-electron chi connectivity index (χ2n) is 10.4. The van der Waals surface area contributed by atoms with E-state index in [4.69, 9.17) is 4.42 Å². The van der Waals surface area contributed by atoms with Crippen molar-refractivity contribution in [3.05, 3.63) is 65.2 Å². The molecule has 0 radical (unpaired) electrons. The third-order valence-electron chi connectivity index (χ3n) is 7.53. The van der Waals surface area contributed by atoms with Gasteiger partial charge < -0.3 is 13.9 Å². The van der Waals surface area contributed by atoms with Crippen LogP contribution >= 0.6 is 11.8 Å². The van der Waals surface area contributed by atoms with Crippen molar-refractivity contribution in [1.82, 2.24) is 29.6 Å². The number of benzene rings is 2. The summed E-state index contributed by atoms with van der Waals surface area (Å²) >= 11 is 1.64. The second kappa shape index (κ2) is 10.9. The molecule has 220 valence electrons. The van der Waals surface area contributed by atoms with Gasteiger partial charge in [0.05, 0.1) is 5.52 Å². The zero-order valence-electron chi connectivity index (χ0n) is 22.9. The average molecular weight is 603 g/mol. The highest BCUT2D eigenvalue weighted by Crippen LogP contribution is 2.44. The summed E-state index contributed by atoms with van der Waals surface area (Å²) in [6.45, 7) is 4.31. The highest BCUT2D eigenvalue weighted by atomic mass is 32.2. The van der Waals surface area contributed by atoms with E-state index >= 15 is 0 Å². The van der Waals surface area contributed by atoms with Crippen LogP contribution in [0.4, 0.5) is 22.0 Å². The molecular formula is C29H27F5N6OS. The van der Waals surface area contributed by atoms with Gasteiger partial charge in [-0.1, -0.05) is 30.0 Å². The van der Waals surface area contributed by atoms with Crippen molar-refractivity contribution in [2.45, 2.75) is 43.4 Å². The number of thioether (sulfide) groups is 1. The van der Waals surface area contributed by atoms with Gasteiger partial charge >= 0.3 is 12.1 Å². The van der Waals surface area contributed by atoms with E-state index in [-0.39, 0.29) is 11.1 Å². The van der Waals surface area contributed by atoms with Gasteiger partial charge in [-0.3, -0.25) is 4.98 Å². The first-order chi connectivity index (χ1) is 20.0. The maximum Gasteiger partial charge on any atom is 0.463 e. The third-order valence-corrected chi connectivity index (χ3v) is 8.63. The molecular weight excluding hydrogens is 575 g/mol. The monoisotopic (exact) mass is 602 g/mol. The lowest BCUT2D eigenvalue weighted by atomic mass is 10.0. The lowest BCUT2D eigenvalue weighted by molar-refractivity contribution is -0.297. The Morgan fingerprint density at radius 1 is 0.929 bits per heavy atom. The summed E-state index contributed by atoms with van der Waals surface area (Å²) < 4.78 is 72.6. The number of hydrogen-bond donors (Lipinski definition) is 0. The molecule has 7 nitrogen and oxygen atoms in total. The molecule has 3 aromatic heterocycles. The SMILES string of the molecule is Cc1ccc2c(-c3nnc(SCCCN4CCc5cc6nc(C(F)(F)C(F)(F)F)oc6cc5CC4)n3C)cccc2n1. The first-order valence-electron chi connectivity index (χ1n) is 13.5. The van der Waals surface area contributed by atoms with Gasteiger partial charge in [0.25, 0.3) is 5.89 Å². The summed E-state index contributed by atoms with van der Waals surface area (Å²) in [4.78, 5) is 10.4. The van der Waals surface area contributed by atoms with Crippen LogP contribution in [0.3, 0.4) is 0 Å². The minimum atomic E-state index is -5.77. The molecule has 1 aliphatic rings. The third kappa shape index (κ3) is 5.35. The summed E-state index contributed by atoms with van der Waals surface area (Å²) in [7, 11) is 1.96. The quantitative estimate of drug-likeness (QED) is 0.116. The number of alkyl halides is 5. The first-order valence-corrected chi connectivity index (χ1v) is 14.5. The molecule has 0 amide bonds. The minimum Gasteiger partial charge on any atom is -0.435 e. The minimum absolute atomic E-state index is 0.00967. The first kappa shape index (κ1) is 28.5. The molecule has 0 bridgehead atoms. The molecule has 0 N–H and O–H groups in total. The number of nitrogens with zero attached hydrogens (tertiary/aromatic N) is 6. The number of oxazole rings is 1. The van der Waals surface area contributed by atoms with Crippen molar-refractivity contribution >= 4 is 33.8 Å². The maximum atomic E-state index is 13.7. The van der Waals surface area contributed by atoms with Crippen molar-refractivity contribution in [2.75, 3.05) is 25.4 Å². The van der Waals surface area contributed by atoms with Gasteiger partial charge in [-0.15, -0.1) is 10.2 Å². The second-order valence-corrected chi connectivity index (χ2v) is 11.5. The number of fused-ring (bicyclic) bond motifs is 3. The van der Waals surface area contributed by atoms with Crippen LogP contribution in [0.5, 0.6) is 0 Å². The lowest BCUT2D eigenvalue weighted by Crippen LogP contribution is -2.33. The molecule has 6 rings (SSSR count). The van der Waals surface area contributed by atoms with Crippen molar-refractivity contribution < 1.29 is 26.4 Å². The molecule has 42 heavy (non-hydrogen) atoms. The van der Waals surface area contributed by atoms with Crippen LogP contribution in [0.1, 0.15) is 29.1 Å². The van der Waals surface area contributed by atoms with E-state index in [1.165, 1.54) is 0 Å². The number of pyridine rings is 1. The molecule has 0 aliphatic carbocycles. The predicted octanol–water partition coefficient (Wildman–Crippen LogP) is 6.72. The smallest absolute Gasteiger partial charge is 0.435 e. The van der Waals surface area contributed by atoms with Gasteiger partial charge in [-0.25, -0.2) is 4.98 Å². The zero-order chi connectivity index (χ0) is 29.6. The van der Waals surface area contributed by atoms with Crippen molar-refractivity contribution in [3.63, 3.8) is 0 Å². The Morgan fingerprint density at radius 3 is 2.45 bits per heavy atom. The van der Waals surface area contributed by atoms with Crippen molar-refractivity contribution in [1.29, 1.82) is 0 Å². The molecule has 1 aliphatic heterocycles. The zero-order valence-corrected chi connectivity index (χ0v) is 23.7. The molecule has 0 unspecified atom stereocenters. The summed E-state index contributed by atoms with van der Waals surface area (Å²) in [6, 6.07) is 13.2. The van der Waals surface area contributed by atoms with Crippen LogP contribution < -0.4 is 0 Å². The van der Waals surface area contributed by atoms with E-state index in [2.05, 4.69) is 31.1 Å². The summed E-state index contributed by atoms with van der Waals surface area (Å²) in [5.41, 5.74) is 4.58. The summed E-state index contributed by atoms with van der Waals surface area (Å²) in [6.07, 6.45) is -3.58. The normalized spacial score (nSPS) is 14.9.